The van der Waals surface area contributed by atoms with Crippen molar-refractivity contribution in [2.45, 2.75) is 116 Å². The maximum absolute atomic E-state index is 11.4. The van der Waals surface area contributed by atoms with E-state index in [1.165, 1.54) is 103 Å². The van der Waals surface area contributed by atoms with E-state index in [2.05, 4.69) is 11.7 Å². The molecule has 0 saturated heterocycles. The third-order valence-corrected chi connectivity index (χ3v) is 5.94. The Hall–Kier alpha value is -2.12. The van der Waals surface area contributed by atoms with Crippen LogP contribution >= 0.6 is 0 Å². The van der Waals surface area contributed by atoms with Gasteiger partial charge in [0.1, 0.15) is 24.0 Å². The third kappa shape index (κ3) is 20.1. The fourth-order valence-corrected chi connectivity index (χ4v) is 3.71. The molecule has 1 rings (SSSR count). The van der Waals surface area contributed by atoms with Crippen LogP contribution in [0.25, 0.3) is 0 Å². The Bertz CT molecular complexity index is 663. The van der Waals surface area contributed by atoms with Crippen LogP contribution < -0.4 is 0 Å². The van der Waals surface area contributed by atoms with Gasteiger partial charge in [0.25, 0.3) is 0 Å². The molecule has 0 aliphatic carbocycles. The fourth-order valence-electron chi connectivity index (χ4n) is 3.71. The van der Waals surface area contributed by atoms with E-state index < -0.39 is 12.1 Å². The summed E-state index contributed by atoms with van der Waals surface area (Å²) in [6.07, 6.45) is 19.0. The van der Waals surface area contributed by atoms with E-state index in [4.69, 9.17) is 20.1 Å². The number of aliphatic hydroxyl groups is 2. The van der Waals surface area contributed by atoms with Gasteiger partial charge in [-0.1, -0.05) is 109 Å². The Kier molecular flexibility index (Phi) is 23.1. The van der Waals surface area contributed by atoms with Crippen molar-refractivity contribution in [3.63, 3.8) is 0 Å². The van der Waals surface area contributed by atoms with Gasteiger partial charge in [0.05, 0.1) is 13.7 Å². The normalized spacial score (nSPS) is 11.3. The molecule has 1 aromatic rings. The monoisotopic (exact) mass is 510 g/mol. The lowest BCUT2D eigenvalue weighted by Gasteiger charge is -2.08. The van der Waals surface area contributed by atoms with Gasteiger partial charge in [0, 0.05) is 6.42 Å². The Balaban J connectivity index is 0.000000918. The summed E-state index contributed by atoms with van der Waals surface area (Å²) < 4.78 is 9.28. The summed E-state index contributed by atoms with van der Waals surface area (Å²) in [5, 5.41) is 26.8. The highest BCUT2D eigenvalue weighted by molar-refractivity contribution is 5.92. The molecule has 3 N–H and O–H groups in total. The number of unbranched alkanes of at least 4 members (excludes halogenated alkanes) is 14. The number of hydrogen-bond donors (Lipinski definition) is 3. The lowest BCUT2D eigenvalue weighted by Crippen LogP contribution is -2.21. The molecule has 0 aromatic heterocycles. The van der Waals surface area contributed by atoms with Crippen molar-refractivity contribution < 1.29 is 34.4 Å². The molecule has 1 atom stereocenters. The average molecular weight is 511 g/mol. The van der Waals surface area contributed by atoms with E-state index in [-0.39, 0.29) is 30.5 Å². The molecule has 208 valence electrons. The first-order valence-corrected chi connectivity index (χ1v) is 13.8. The van der Waals surface area contributed by atoms with E-state index >= 15 is 0 Å². The number of aliphatic hydroxyl groups excluding tert-OH is 2. The summed E-state index contributed by atoms with van der Waals surface area (Å²) in [7, 11) is 1.27. The minimum Gasteiger partial charge on any atom is -0.507 e. The van der Waals surface area contributed by atoms with Gasteiger partial charge in [0.15, 0.2) is 0 Å². The maximum Gasteiger partial charge on any atom is 0.341 e. The Morgan fingerprint density at radius 1 is 0.806 bits per heavy atom. The average Bonchev–Trinajstić information content (AvgIpc) is 2.89. The number of hydrogen-bond acceptors (Lipinski definition) is 7. The summed E-state index contributed by atoms with van der Waals surface area (Å²) in [5.41, 5.74) is 0.190. The van der Waals surface area contributed by atoms with Crippen LogP contribution in [0.4, 0.5) is 0 Å². The highest BCUT2D eigenvalue weighted by Gasteiger charge is 2.09. The van der Waals surface area contributed by atoms with E-state index in [1.54, 1.807) is 12.1 Å². The molecule has 1 aromatic carbocycles. The third-order valence-electron chi connectivity index (χ3n) is 5.94. The number of methoxy groups -OCH3 is 1. The number of ether oxygens (including phenoxy) is 2. The molecule has 0 heterocycles. The summed E-state index contributed by atoms with van der Waals surface area (Å²) in [4.78, 5) is 22.2. The molecule has 0 saturated carbocycles. The first kappa shape index (κ1) is 33.9. The number of carbonyl (C=O) groups excluding carboxylic acids is 2. The molecule has 0 radical (unpaired) electrons. The molecular weight excluding hydrogens is 460 g/mol. The van der Waals surface area contributed by atoms with Gasteiger partial charge in [0.2, 0.25) is 0 Å². The predicted molar refractivity (Wildman–Crippen MR) is 143 cm³/mol. The molecule has 0 fully saturated rings. The van der Waals surface area contributed by atoms with Crippen LogP contribution in [0.15, 0.2) is 24.3 Å². The van der Waals surface area contributed by atoms with Crippen molar-refractivity contribution >= 4 is 11.9 Å². The van der Waals surface area contributed by atoms with Gasteiger partial charge in [-0.15, -0.1) is 0 Å². The maximum atomic E-state index is 11.4. The van der Waals surface area contributed by atoms with Crippen LogP contribution in [0, 0.1) is 0 Å². The second-order valence-corrected chi connectivity index (χ2v) is 9.23. The number of phenolic OH excluding ortho intramolecular Hbond substituents is 1. The smallest absolute Gasteiger partial charge is 0.341 e. The summed E-state index contributed by atoms with van der Waals surface area (Å²) in [6, 6.07) is 6.24. The molecule has 0 spiro atoms. The molecule has 0 aliphatic rings. The van der Waals surface area contributed by atoms with Crippen molar-refractivity contribution in [3.05, 3.63) is 29.8 Å². The second-order valence-electron chi connectivity index (χ2n) is 9.23. The summed E-state index contributed by atoms with van der Waals surface area (Å²) in [6.45, 7) is 1.79. The number of phenols is 1. The molecule has 0 aliphatic heterocycles. The topological polar surface area (TPSA) is 113 Å². The number of esters is 2. The van der Waals surface area contributed by atoms with Crippen molar-refractivity contribution in [2.75, 3.05) is 20.3 Å². The lowest BCUT2D eigenvalue weighted by atomic mass is 10.0. The van der Waals surface area contributed by atoms with Gasteiger partial charge in [-0.2, -0.15) is 0 Å². The molecule has 1 unspecified atom stereocenters. The Morgan fingerprint density at radius 3 is 1.72 bits per heavy atom. The molecule has 7 nitrogen and oxygen atoms in total. The van der Waals surface area contributed by atoms with Crippen molar-refractivity contribution in [1.29, 1.82) is 0 Å². The van der Waals surface area contributed by atoms with Crippen molar-refractivity contribution in [3.8, 4) is 5.75 Å². The van der Waals surface area contributed by atoms with E-state index in [0.29, 0.717) is 6.42 Å². The number of aromatic hydroxyl groups is 1. The van der Waals surface area contributed by atoms with E-state index in [1.807, 2.05) is 0 Å². The summed E-state index contributed by atoms with van der Waals surface area (Å²) in [5.74, 6) is -0.857. The Labute approximate surface area is 218 Å². The van der Waals surface area contributed by atoms with Crippen molar-refractivity contribution in [1.82, 2.24) is 0 Å². The van der Waals surface area contributed by atoms with Crippen LogP contribution in [0.5, 0.6) is 5.75 Å². The van der Waals surface area contributed by atoms with Crippen molar-refractivity contribution in [2.24, 2.45) is 0 Å². The van der Waals surface area contributed by atoms with Gasteiger partial charge < -0.3 is 24.8 Å². The summed E-state index contributed by atoms with van der Waals surface area (Å²) >= 11 is 0. The number of carbonyl (C=O) groups is 2. The largest absolute Gasteiger partial charge is 0.507 e. The van der Waals surface area contributed by atoms with Gasteiger partial charge in [-0.3, -0.25) is 4.79 Å². The minimum atomic E-state index is -0.954. The Morgan fingerprint density at radius 2 is 1.28 bits per heavy atom. The molecule has 36 heavy (non-hydrogen) atoms. The second kappa shape index (κ2) is 24.6. The number of para-hydroxylation sites is 1. The van der Waals surface area contributed by atoms with E-state index in [0.717, 1.165) is 12.8 Å². The van der Waals surface area contributed by atoms with Gasteiger partial charge >= 0.3 is 11.9 Å². The molecule has 0 amide bonds. The molecule has 0 bridgehead atoms. The zero-order chi connectivity index (χ0) is 26.9. The van der Waals surface area contributed by atoms with Crippen LogP contribution in [-0.4, -0.2) is 53.7 Å². The van der Waals surface area contributed by atoms with Crippen LogP contribution in [0.3, 0.4) is 0 Å². The minimum absolute atomic E-state index is 0.0562. The van der Waals surface area contributed by atoms with E-state index in [9.17, 15) is 9.59 Å². The lowest BCUT2D eigenvalue weighted by molar-refractivity contribution is -0.147. The molecular formula is C29H50O7. The number of benzene rings is 1. The number of rotatable bonds is 20. The first-order chi connectivity index (χ1) is 17.5. The quantitative estimate of drug-likeness (QED) is 0.139. The standard InChI is InChI=1S/C21H42O4.C8H8O3/c1-2-3-4-5-6-7-8-9-10-11-12-13-14-15-16-17-21(24)25-19-20(23)18-22;1-11-8(10)6-4-2-3-5-7(6)9/h20,22-23H,2-19H2,1H3;2-5,9H,1H3. The molecule has 7 heteroatoms. The van der Waals surface area contributed by atoms with Gasteiger partial charge in [-0.05, 0) is 18.6 Å². The highest BCUT2D eigenvalue weighted by Crippen LogP contribution is 2.16. The zero-order valence-electron chi connectivity index (χ0n) is 22.6. The highest BCUT2D eigenvalue weighted by atomic mass is 16.5. The zero-order valence-corrected chi connectivity index (χ0v) is 22.6. The van der Waals surface area contributed by atoms with Crippen LogP contribution in [0.2, 0.25) is 0 Å². The van der Waals surface area contributed by atoms with Gasteiger partial charge in [-0.25, -0.2) is 4.79 Å². The predicted octanol–water partition coefficient (Wildman–Crippen LogP) is 6.32. The first-order valence-electron chi connectivity index (χ1n) is 13.8. The van der Waals surface area contributed by atoms with Crippen LogP contribution in [-0.2, 0) is 14.3 Å². The SMILES string of the molecule is CCCCCCCCCCCCCCCCCC(=O)OCC(O)CO.COC(=O)c1ccccc1O. The fraction of sp³-hybridized carbons (Fsp3) is 0.724. The van der Waals surface area contributed by atoms with Crippen LogP contribution in [0.1, 0.15) is 120 Å².